The molecule has 0 aliphatic heterocycles. The highest BCUT2D eigenvalue weighted by Gasteiger charge is 2.14. The minimum Gasteiger partial charge on any atom is -0.383 e. The van der Waals surface area contributed by atoms with E-state index in [0.717, 1.165) is 5.56 Å². The van der Waals surface area contributed by atoms with Gasteiger partial charge in [-0.3, -0.25) is 4.79 Å². The summed E-state index contributed by atoms with van der Waals surface area (Å²) in [5.74, 6) is -0.0965. The fraction of sp³-hybridized carbons (Fsp3) is 0.333. The summed E-state index contributed by atoms with van der Waals surface area (Å²) in [6.45, 7) is 3.95. The number of carbonyl (C=O) groups excluding carboxylic acids is 1. The molecule has 4 N–H and O–H groups in total. The first kappa shape index (κ1) is 9.51. The van der Waals surface area contributed by atoms with Gasteiger partial charge in [-0.25, -0.2) is 4.98 Å². The van der Waals surface area contributed by atoms with Gasteiger partial charge in [0.25, 0.3) is 5.91 Å². The maximum Gasteiger partial charge on any atom is 0.252 e. The van der Waals surface area contributed by atoms with Crippen molar-refractivity contribution in [2.24, 2.45) is 5.73 Å². The maximum absolute atomic E-state index is 11.0. The lowest BCUT2D eigenvalue weighted by molar-refractivity contribution is 0.0999. The summed E-state index contributed by atoms with van der Waals surface area (Å²) < 4.78 is 0. The molecule has 0 spiro atoms. The summed E-state index contributed by atoms with van der Waals surface area (Å²) in [6, 6.07) is 1.76. The predicted molar refractivity (Wildman–Crippen MR) is 51.3 cm³/mol. The number of aromatic nitrogens is 1. The van der Waals surface area contributed by atoms with E-state index < -0.39 is 5.91 Å². The molecule has 0 bridgehead atoms. The topological polar surface area (TPSA) is 82.0 Å². The second-order valence-corrected chi connectivity index (χ2v) is 3.18. The van der Waals surface area contributed by atoms with E-state index in [4.69, 9.17) is 11.5 Å². The Kier molecular flexibility index (Phi) is 2.51. The van der Waals surface area contributed by atoms with Crippen LogP contribution in [0.25, 0.3) is 0 Å². The van der Waals surface area contributed by atoms with Gasteiger partial charge in [0.1, 0.15) is 5.82 Å². The lowest BCUT2D eigenvalue weighted by Crippen LogP contribution is -2.17. The van der Waals surface area contributed by atoms with Crippen LogP contribution in [0.4, 0.5) is 5.82 Å². The number of rotatable bonds is 2. The van der Waals surface area contributed by atoms with Gasteiger partial charge in [0.15, 0.2) is 0 Å². The summed E-state index contributed by atoms with van der Waals surface area (Å²) in [4.78, 5) is 14.9. The molecular weight excluding hydrogens is 166 g/mol. The first-order valence-corrected chi connectivity index (χ1v) is 4.08. The lowest BCUT2D eigenvalue weighted by atomic mass is 9.98. The van der Waals surface area contributed by atoms with Crippen molar-refractivity contribution in [3.63, 3.8) is 0 Å². The van der Waals surface area contributed by atoms with Gasteiger partial charge in [0.05, 0.1) is 5.56 Å². The number of primary amides is 1. The molecule has 0 fully saturated rings. The molecule has 0 atom stereocenters. The van der Waals surface area contributed by atoms with Gasteiger partial charge in [0, 0.05) is 6.20 Å². The minimum atomic E-state index is -0.519. The Morgan fingerprint density at radius 2 is 2.15 bits per heavy atom. The van der Waals surface area contributed by atoms with Gasteiger partial charge in [-0.1, -0.05) is 13.8 Å². The number of hydrogen-bond acceptors (Lipinski definition) is 3. The Bertz CT molecular complexity index is 334. The van der Waals surface area contributed by atoms with E-state index >= 15 is 0 Å². The molecule has 1 aromatic rings. The van der Waals surface area contributed by atoms with E-state index in [1.165, 1.54) is 0 Å². The van der Waals surface area contributed by atoms with Crippen LogP contribution in [0, 0.1) is 0 Å². The number of carbonyl (C=O) groups is 1. The zero-order valence-electron chi connectivity index (χ0n) is 7.74. The number of amides is 1. The lowest BCUT2D eigenvalue weighted by Gasteiger charge is -2.10. The molecule has 0 unspecified atom stereocenters. The molecule has 0 saturated heterocycles. The number of pyridine rings is 1. The second-order valence-electron chi connectivity index (χ2n) is 3.18. The Morgan fingerprint density at radius 3 is 2.54 bits per heavy atom. The quantitative estimate of drug-likeness (QED) is 0.707. The molecule has 0 saturated carbocycles. The zero-order chi connectivity index (χ0) is 10.0. The van der Waals surface area contributed by atoms with Crippen molar-refractivity contribution in [2.45, 2.75) is 19.8 Å². The van der Waals surface area contributed by atoms with Crippen molar-refractivity contribution in [3.8, 4) is 0 Å². The number of anilines is 1. The minimum absolute atomic E-state index is 0.207. The third-order valence-electron chi connectivity index (χ3n) is 1.88. The molecule has 1 rings (SSSR count). The third-order valence-corrected chi connectivity index (χ3v) is 1.88. The van der Waals surface area contributed by atoms with Crippen LogP contribution in [0.5, 0.6) is 0 Å². The van der Waals surface area contributed by atoms with Gasteiger partial charge in [0.2, 0.25) is 0 Å². The van der Waals surface area contributed by atoms with E-state index in [1.54, 1.807) is 12.3 Å². The van der Waals surface area contributed by atoms with Crippen LogP contribution < -0.4 is 11.5 Å². The van der Waals surface area contributed by atoms with Crippen molar-refractivity contribution in [1.29, 1.82) is 0 Å². The largest absolute Gasteiger partial charge is 0.383 e. The molecular formula is C9H13N3O. The van der Waals surface area contributed by atoms with Crippen molar-refractivity contribution in [1.82, 2.24) is 4.98 Å². The van der Waals surface area contributed by atoms with Crippen LogP contribution in [0.3, 0.4) is 0 Å². The molecule has 13 heavy (non-hydrogen) atoms. The molecule has 1 aromatic heterocycles. The van der Waals surface area contributed by atoms with E-state index in [9.17, 15) is 4.79 Å². The summed E-state index contributed by atoms with van der Waals surface area (Å²) in [5, 5.41) is 0. The molecule has 0 aliphatic carbocycles. The fourth-order valence-electron chi connectivity index (χ4n) is 1.24. The predicted octanol–water partition coefficient (Wildman–Crippen LogP) is 0.886. The van der Waals surface area contributed by atoms with Gasteiger partial charge >= 0.3 is 0 Å². The normalized spacial score (nSPS) is 10.4. The molecule has 4 nitrogen and oxygen atoms in total. The van der Waals surface area contributed by atoms with Crippen LogP contribution in [-0.4, -0.2) is 10.9 Å². The molecule has 0 aliphatic rings. The summed E-state index contributed by atoms with van der Waals surface area (Å²) in [6.07, 6.45) is 1.58. The third kappa shape index (κ3) is 1.77. The van der Waals surface area contributed by atoms with E-state index in [0.29, 0.717) is 5.56 Å². The van der Waals surface area contributed by atoms with Crippen LogP contribution in [-0.2, 0) is 0 Å². The summed E-state index contributed by atoms with van der Waals surface area (Å²) in [5.41, 5.74) is 11.9. The summed E-state index contributed by atoms with van der Waals surface area (Å²) >= 11 is 0. The molecule has 0 aromatic carbocycles. The van der Waals surface area contributed by atoms with E-state index in [-0.39, 0.29) is 11.7 Å². The van der Waals surface area contributed by atoms with Crippen molar-refractivity contribution < 1.29 is 4.79 Å². The zero-order valence-corrected chi connectivity index (χ0v) is 7.74. The number of hydrogen-bond donors (Lipinski definition) is 2. The number of nitrogens with zero attached hydrogens (tertiary/aromatic N) is 1. The van der Waals surface area contributed by atoms with Gasteiger partial charge in [-0.2, -0.15) is 0 Å². The van der Waals surface area contributed by atoms with Crippen LogP contribution in [0.15, 0.2) is 12.3 Å². The Morgan fingerprint density at radius 1 is 1.54 bits per heavy atom. The van der Waals surface area contributed by atoms with Crippen LogP contribution >= 0.6 is 0 Å². The number of nitrogens with two attached hydrogens (primary N) is 2. The first-order chi connectivity index (χ1) is 6.04. The van der Waals surface area contributed by atoms with Crippen molar-refractivity contribution >= 4 is 11.7 Å². The van der Waals surface area contributed by atoms with Crippen molar-refractivity contribution in [3.05, 3.63) is 23.4 Å². The number of nitrogen functional groups attached to an aromatic ring is 1. The average Bonchev–Trinajstić information content (AvgIpc) is 2.02. The average molecular weight is 179 g/mol. The molecule has 0 radical (unpaired) electrons. The first-order valence-electron chi connectivity index (χ1n) is 4.08. The van der Waals surface area contributed by atoms with E-state index in [1.807, 2.05) is 13.8 Å². The highest BCUT2D eigenvalue weighted by Crippen LogP contribution is 2.21. The molecule has 1 heterocycles. The molecule has 1 amide bonds. The monoisotopic (exact) mass is 179 g/mol. The van der Waals surface area contributed by atoms with Gasteiger partial charge < -0.3 is 11.5 Å². The Balaban J connectivity index is 3.34. The highest BCUT2D eigenvalue weighted by atomic mass is 16.1. The Labute approximate surface area is 77.0 Å². The highest BCUT2D eigenvalue weighted by molar-refractivity contribution is 5.98. The smallest absolute Gasteiger partial charge is 0.252 e. The molecule has 4 heteroatoms. The molecule has 70 valence electrons. The second kappa shape index (κ2) is 3.43. The van der Waals surface area contributed by atoms with Gasteiger partial charge in [-0.05, 0) is 17.5 Å². The fourth-order valence-corrected chi connectivity index (χ4v) is 1.24. The van der Waals surface area contributed by atoms with Crippen LogP contribution in [0.2, 0.25) is 0 Å². The van der Waals surface area contributed by atoms with Crippen LogP contribution in [0.1, 0.15) is 35.7 Å². The Hall–Kier alpha value is -1.58. The SMILES string of the molecule is CC(C)c1ccnc(N)c1C(N)=O. The van der Waals surface area contributed by atoms with Crippen molar-refractivity contribution in [2.75, 3.05) is 5.73 Å². The standard InChI is InChI=1S/C9H13N3O/c1-5(2)6-3-4-12-8(10)7(6)9(11)13/h3-5H,1-2H3,(H2,10,12)(H2,11,13). The van der Waals surface area contributed by atoms with Gasteiger partial charge in [-0.15, -0.1) is 0 Å². The maximum atomic E-state index is 11.0. The summed E-state index contributed by atoms with van der Waals surface area (Å²) in [7, 11) is 0. The van der Waals surface area contributed by atoms with E-state index in [2.05, 4.69) is 4.98 Å².